The van der Waals surface area contributed by atoms with Crippen LogP contribution in [-0.4, -0.2) is 9.13 Å². The molecule has 0 fully saturated rings. The maximum absolute atomic E-state index is 2.54. The Morgan fingerprint density at radius 3 is 2.02 bits per heavy atom. The molecule has 43 heavy (non-hydrogen) atoms. The Morgan fingerprint density at radius 2 is 1.37 bits per heavy atom. The number of benzene rings is 2. The van der Waals surface area contributed by atoms with Gasteiger partial charge in [0, 0.05) is 50.1 Å². The summed E-state index contributed by atoms with van der Waals surface area (Å²) in [5.74, 6) is 0. The van der Waals surface area contributed by atoms with Crippen molar-refractivity contribution in [3.05, 3.63) is 113 Å². The molecule has 226 valence electrons. The van der Waals surface area contributed by atoms with Gasteiger partial charge in [0.2, 0.25) is 0 Å². The number of nitrogens with zero attached hydrogens (tertiary/aromatic N) is 2. The second-order valence-electron chi connectivity index (χ2n) is 15.4. The van der Waals surface area contributed by atoms with E-state index in [0.717, 1.165) is 6.42 Å². The molecule has 0 spiro atoms. The highest BCUT2D eigenvalue weighted by Crippen LogP contribution is 2.47. The van der Waals surface area contributed by atoms with Crippen molar-refractivity contribution in [2.24, 2.45) is 5.41 Å². The van der Waals surface area contributed by atoms with E-state index in [9.17, 15) is 0 Å². The largest absolute Gasteiger partial charge is 0.316 e. The summed E-state index contributed by atoms with van der Waals surface area (Å²) in [5, 5.41) is 1.32. The van der Waals surface area contributed by atoms with E-state index in [0.29, 0.717) is 0 Å². The lowest BCUT2D eigenvalue weighted by molar-refractivity contribution is 0.532. The molecule has 0 N–H and O–H groups in total. The molecule has 2 heteroatoms. The smallest absolute Gasteiger partial charge is 0.0534 e. The van der Waals surface area contributed by atoms with Gasteiger partial charge >= 0.3 is 0 Å². The highest BCUT2D eigenvalue weighted by Gasteiger charge is 2.39. The van der Waals surface area contributed by atoms with Crippen LogP contribution in [0.5, 0.6) is 0 Å². The monoisotopic (exact) mass is 572 g/mol. The van der Waals surface area contributed by atoms with Gasteiger partial charge in [-0.1, -0.05) is 130 Å². The van der Waals surface area contributed by atoms with Crippen LogP contribution >= 0.6 is 0 Å². The summed E-state index contributed by atoms with van der Waals surface area (Å²) in [6, 6.07) is 18.1. The molecule has 0 saturated heterocycles. The highest BCUT2D eigenvalue weighted by atomic mass is 15.0. The zero-order chi connectivity index (χ0) is 31.5. The molecule has 0 aliphatic heterocycles. The van der Waals surface area contributed by atoms with Crippen molar-refractivity contribution in [1.29, 1.82) is 0 Å². The molecular weight excluding hydrogens is 520 g/mol. The first-order chi connectivity index (χ1) is 20.0. The molecular formula is C41H52N2. The third-order valence-electron chi connectivity index (χ3n) is 9.25. The number of para-hydroxylation sites is 1. The minimum absolute atomic E-state index is 0.0415. The van der Waals surface area contributed by atoms with E-state index in [1.54, 1.807) is 0 Å². The number of rotatable bonds is 6. The minimum atomic E-state index is -0.113. The van der Waals surface area contributed by atoms with E-state index < -0.39 is 0 Å². The van der Waals surface area contributed by atoms with E-state index in [1.807, 2.05) is 0 Å². The van der Waals surface area contributed by atoms with Gasteiger partial charge in [0.1, 0.15) is 0 Å². The number of hydrogen-bond donors (Lipinski definition) is 0. The highest BCUT2D eigenvalue weighted by molar-refractivity contribution is 5.89. The Hall–Kier alpha value is -3.52. The number of allylic oxidation sites excluding steroid dienone is 5. The second-order valence-corrected chi connectivity index (χ2v) is 15.4. The van der Waals surface area contributed by atoms with Crippen molar-refractivity contribution in [3.63, 3.8) is 0 Å². The molecule has 2 heterocycles. The molecule has 0 saturated carbocycles. The first-order valence-corrected chi connectivity index (χ1v) is 16.0. The van der Waals surface area contributed by atoms with E-state index in [1.165, 1.54) is 56.0 Å². The van der Waals surface area contributed by atoms with Crippen molar-refractivity contribution in [1.82, 2.24) is 9.13 Å². The van der Waals surface area contributed by atoms with Gasteiger partial charge in [-0.3, -0.25) is 0 Å². The topological polar surface area (TPSA) is 9.86 Å². The number of fused-ring (bicyclic) bond motifs is 2. The van der Waals surface area contributed by atoms with Gasteiger partial charge in [-0.05, 0) is 66.6 Å². The van der Waals surface area contributed by atoms with E-state index in [4.69, 9.17) is 0 Å². The number of aromatic nitrogens is 2. The van der Waals surface area contributed by atoms with Crippen LogP contribution < -0.4 is 0 Å². The third-order valence-corrected chi connectivity index (χ3v) is 9.25. The van der Waals surface area contributed by atoms with Crippen LogP contribution in [0.25, 0.3) is 28.4 Å². The molecule has 0 bridgehead atoms. The van der Waals surface area contributed by atoms with Gasteiger partial charge in [-0.25, -0.2) is 0 Å². The van der Waals surface area contributed by atoms with Crippen LogP contribution in [0.4, 0.5) is 0 Å². The summed E-state index contributed by atoms with van der Waals surface area (Å²) in [4.78, 5) is 0. The molecule has 0 unspecified atom stereocenters. The predicted molar refractivity (Wildman–Crippen MR) is 188 cm³/mol. The zero-order valence-electron chi connectivity index (χ0n) is 28.7. The van der Waals surface area contributed by atoms with Crippen molar-refractivity contribution < 1.29 is 0 Å². The van der Waals surface area contributed by atoms with Crippen molar-refractivity contribution >= 4 is 17.0 Å². The first kappa shape index (κ1) is 30.9. The second kappa shape index (κ2) is 10.6. The summed E-state index contributed by atoms with van der Waals surface area (Å²) in [5.41, 5.74) is 11.8. The molecule has 0 amide bonds. The zero-order valence-corrected chi connectivity index (χ0v) is 28.7. The van der Waals surface area contributed by atoms with Crippen LogP contribution in [0.2, 0.25) is 0 Å². The standard InChI is InChI=1S/C41H52N2/c1-13-14-20-32-28(2)43(37-36(32)40(9,10)25-26-41(37,11)12)31-19-17-18-30(27-31)42-29(3)35(33-21-15-16-22-34(33)42)39(7,8)24-23-38(4,5)6/h14-27H,13H2,1-12H3/b20-14-,24-23-. The van der Waals surface area contributed by atoms with Crippen LogP contribution in [0.1, 0.15) is 109 Å². The molecule has 0 atom stereocenters. The van der Waals surface area contributed by atoms with Gasteiger partial charge in [0.05, 0.1) is 5.52 Å². The van der Waals surface area contributed by atoms with E-state index in [-0.39, 0.29) is 21.7 Å². The quantitative estimate of drug-likeness (QED) is 0.203. The Bertz CT molecular complexity index is 1770. The Morgan fingerprint density at radius 1 is 0.744 bits per heavy atom. The lowest BCUT2D eigenvalue weighted by Crippen LogP contribution is -2.30. The fraction of sp³-hybridized carbons (Fsp3) is 0.415. The molecule has 0 radical (unpaired) electrons. The average Bonchev–Trinajstić information content (AvgIpc) is 3.41. The average molecular weight is 573 g/mol. The summed E-state index contributed by atoms with van der Waals surface area (Å²) < 4.78 is 5.01. The summed E-state index contributed by atoms with van der Waals surface area (Å²) in [6.45, 7) is 27.7. The lowest BCUT2D eigenvalue weighted by atomic mass is 9.70. The van der Waals surface area contributed by atoms with Crippen LogP contribution in [0.15, 0.2) is 78.9 Å². The van der Waals surface area contributed by atoms with Gasteiger partial charge in [-0.2, -0.15) is 0 Å². The van der Waals surface area contributed by atoms with Crippen LogP contribution in [0.3, 0.4) is 0 Å². The van der Waals surface area contributed by atoms with Gasteiger partial charge < -0.3 is 9.13 Å². The maximum Gasteiger partial charge on any atom is 0.0534 e. The van der Waals surface area contributed by atoms with Crippen molar-refractivity contribution in [2.45, 2.75) is 106 Å². The van der Waals surface area contributed by atoms with E-state index in [2.05, 4.69) is 177 Å². The first-order valence-electron chi connectivity index (χ1n) is 16.0. The van der Waals surface area contributed by atoms with Crippen molar-refractivity contribution in [3.8, 4) is 11.4 Å². The molecule has 2 aromatic heterocycles. The Labute approximate surface area is 260 Å². The molecule has 4 aromatic rings. The SMILES string of the molecule is CC/C=C\c1c2c(n(-c3cccc(-n4c(C)c(C(C)(C)/C=C\C(C)(C)C)c5ccccc54)c3)c1C)C(C)(C)C=CC2(C)C. The van der Waals surface area contributed by atoms with Gasteiger partial charge in [0.15, 0.2) is 0 Å². The minimum Gasteiger partial charge on any atom is -0.316 e. The van der Waals surface area contributed by atoms with Crippen molar-refractivity contribution in [2.75, 3.05) is 0 Å². The summed E-state index contributed by atoms with van der Waals surface area (Å²) >= 11 is 0. The lowest BCUT2D eigenvalue weighted by Gasteiger charge is -2.36. The van der Waals surface area contributed by atoms with Crippen LogP contribution in [-0.2, 0) is 16.2 Å². The molecule has 1 aliphatic rings. The molecule has 2 nitrogen and oxygen atoms in total. The fourth-order valence-corrected chi connectivity index (χ4v) is 7.14. The molecule has 1 aliphatic carbocycles. The normalized spacial score (nSPS) is 16.6. The molecule has 2 aromatic carbocycles. The summed E-state index contributed by atoms with van der Waals surface area (Å²) in [6.07, 6.45) is 15.3. The van der Waals surface area contributed by atoms with E-state index >= 15 is 0 Å². The van der Waals surface area contributed by atoms with Crippen LogP contribution in [0, 0.1) is 19.3 Å². The predicted octanol–water partition coefficient (Wildman–Crippen LogP) is 11.5. The van der Waals surface area contributed by atoms with Gasteiger partial charge in [0.25, 0.3) is 0 Å². The maximum atomic E-state index is 2.54. The molecule has 5 rings (SSSR count). The third kappa shape index (κ3) is 5.39. The Kier molecular flexibility index (Phi) is 7.61. The van der Waals surface area contributed by atoms with Gasteiger partial charge in [-0.15, -0.1) is 0 Å². The fourth-order valence-electron chi connectivity index (χ4n) is 7.14. The Balaban J connectivity index is 1.77. The summed E-state index contributed by atoms with van der Waals surface area (Å²) in [7, 11) is 0. The number of hydrogen-bond acceptors (Lipinski definition) is 0.